The maximum absolute atomic E-state index is 6.29. The normalized spacial score (nSPS) is 30.8. The molecular weight excluding hydrogens is 248 g/mol. The molecule has 0 radical (unpaired) electrons. The number of aromatic amines is 1. The van der Waals surface area contributed by atoms with Gasteiger partial charge in [0, 0.05) is 19.1 Å². The van der Waals surface area contributed by atoms with Crippen LogP contribution in [0, 0.1) is 11.8 Å². The van der Waals surface area contributed by atoms with Crippen molar-refractivity contribution in [1.82, 2.24) is 14.9 Å². The predicted molar refractivity (Wildman–Crippen MR) is 80.2 cm³/mol. The number of nitrogens with one attached hydrogen (secondary N) is 1. The summed E-state index contributed by atoms with van der Waals surface area (Å²) in [5.74, 6) is 2.59. The third-order valence-electron chi connectivity index (χ3n) is 5.04. The van der Waals surface area contributed by atoms with Crippen molar-refractivity contribution in [2.24, 2.45) is 17.6 Å². The van der Waals surface area contributed by atoms with Crippen LogP contribution in [0.25, 0.3) is 11.0 Å². The predicted octanol–water partition coefficient (Wildman–Crippen LogP) is 2.12. The molecule has 0 spiro atoms. The largest absolute Gasteiger partial charge is 0.341 e. The summed E-state index contributed by atoms with van der Waals surface area (Å²) < 4.78 is 0. The SMILES string of the molecule is NC1CCCC2CN(Cc3nc4ccccc4[nH]3)CC12. The molecule has 4 rings (SSSR count). The van der Waals surface area contributed by atoms with Gasteiger partial charge in [-0.2, -0.15) is 0 Å². The second-order valence-corrected chi connectivity index (χ2v) is 6.41. The highest BCUT2D eigenvalue weighted by Gasteiger charge is 2.38. The molecule has 2 fully saturated rings. The molecule has 1 aliphatic carbocycles. The lowest BCUT2D eigenvalue weighted by atomic mass is 9.78. The van der Waals surface area contributed by atoms with Gasteiger partial charge in [0.15, 0.2) is 0 Å². The van der Waals surface area contributed by atoms with Crippen LogP contribution in [0.3, 0.4) is 0 Å². The number of hydrogen-bond donors (Lipinski definition) is 2. The minimum absolute atomic E-state index is 0.412. The van der Waals surface area contributed by atoms with Gasteiger partial charge >= 0.3 is 0 Å². The summed E-state index contributed by atoms with van der Waals surface area (Å²) in [4.78, 5) is 10.6. The zero-order valence-corrected chi connectivity index (χ0v) is 11.8. The summed E-state index contributed by atoms with van der Waals surface area (Å²) in [5.41, 5.74) is 8.49. The maximum Gasteiger partial charge on any atom is 0.121 e. The van der Waals surface area contributed by atoms with Gasteiger partial charge < -0.3 is 10.7 Å². The van der Waals surface area contributed by atoms with Crippen LogP contribution in [0.2, 0.25) is 0 Å². The van der Waals surface area contributed by atoms with Crippen molar-refractivity contribution < 1.29 is 0 Å². The van der Waals surface area contributed by atoms with Crippen LogP contribution in [0.4, 0.5) is 0 Å². The topological polar surface area (TPSA) is 57.9 Å². The minimum Gasteiger partial charge on any atom is -0.341 e. The molecular formula is C16H22N4. The molecule has 2 aromatic rings. The van der Waals surface area contributed by atoms with E-state index in [0.717, 1.165) is 35.9 Å². The molecule has 4 nitrogen and oxygen atoms in total. The van der Waals surface area contributed by atoms with Crippen molar-refractivity contribution in [1.29, 1.82) is 0 Å². The van der Waals surface area contributed by atoms with Gasteiger partial charge in [-0.3, -0.25) is 4.90 Å². The zero-order chi connectivity index (χ0) is 13.5. The number of H-pyrrole nitrogens is 1. The third kappa shape index (κ3) is 2.13. The molecule has 4 heteroatoms. The molecule has 1 aliphatic heterocycles. The van der Waals surface area contributed by atoms with Crippen LogP contribution in [0.5, 0.6) is 0 Å². The van der Waals surface area contributed by atoms with Crippen molar-refractivity contribution in [3.8, 4) is 0 Å². The Morgan fingerprint density at radius 2 is 2.15 bits per heavy atom. The monoisotopic (exact) mass is 270 g/mol. The average molecular weight is 270 g/mol. The van der Waals surface area contributed by atoms with E-state index in [9.17, 15) is 0 Å². The average Bonchev–Trinajstić information content (AvgIpc) is 3.02. The first-order valence-electron chi connectivity index (χ1n) is 7.71. The number of likely N-dealkylation sites (tertiary alicyclic amines) is 1. The van der Waals surface area contributed by atoms with Crippen LogP contribution in [0.1, 0.15) is 25.1 Å². The van der Waals surface area contributed by atoms with Crippen molar-refractivity contribution in [3.63, 3.8) is 0 Å². The van der Waals surface area contributed by atoms with E-state index in [1.54, 1.807) is 0 Å². The molecule has 2 aliphatic rings. The Balaban J connectivity index is 1.49. The quantitative estimate of drug-likeness (QED) is 0.879. The smallest absolute Gasteiger partial charge is 0.121 e. The second kappa shape index (κ2) is 4.86. The first kappa shape index (κ1) is 12.4. The highest BCUT2D eigenvalue weighted by molar-refractivity contribution is 5.74. The first-order chi connectivity index (χ1) is 9.79. The lowest BCUT2D eigenvalue weighted by molar-refractivity contribution is 0.259. The Hall–Kier alpha value is -1.39. The fourth-order valence-corrected chi connectivity index (χ4v) is 4.03. The van der Waals surface area contributed by atoms with Crippen molar-refractivity contribution in [2.45, 2.75) is 31.8 Å². The van der Waals surface area contributed by atoms with Gasteiger partial charge in [0.05, 0.1) is 17.6 Å². The summed E-state index contributed by atoms with van der Waals surface area (Å²) in [6.07, 6.45) is 3.87. The third-order valence-corrected chi connectivity index (χ3v) is 5.04. The molecule has 0 bridgehead atoms. The number of nitrogens with zero attached hydrogens (tertiary/aromatic N) is 2. The Kier molecular flexibility index (Phi) is 3.00. The van der Waals surface area contributed by atoms with E-state index < -0.39 is 0 Å². The maximum atomic E-state index is 6.29. The van der Waals surface area contributed by atoms with Gasteiger partial charge in [0.2, 0.25) is 0 Å². The van der Waals surface area contributed by atoms with E-state index in [0.29, 0.717) is 12.0 Å². The number of benzene rings is 1. The van der Waals surface area contributed by atoms with Crippen molar-refractivity contribution in [3.05, 3.63) is 30.1 Å². The Labute approximate surface area is 119 Å². The molecule has 0 amide bonds. The van der Waals surface area contributed by atoms with Gasteiger partial charge in [-0.25, -0.2) is 4.98 Å². The summed E-state index contributed by atoms with van der Waals surface area (Å²) in [6.45, 7) is 3.26. The van der Waals surface area contributed by atoms with E-state index in [2.05, 4.69) is 27.0 Å². The second-order valence-electron chi connectivity index (χ2n) is 6.41. The van der Waals surface area contributed by atoms with Crippen molar-refractivity contribution >= 4 is 11.0 Å². The fourth-order valence-electron chi connectivity index (χ4n) is 4.03. The van der Waals surface area contributed by atoms with Crippen LogP contribution < -0.4 is 5.73 Å². The number of nitrogens with two attached hydrogens (primary N) is 1. The van der Waals surface area contributed by atoms with E-state index in [1.807, 2.05) is 12.1 Å². The number of aromatic nitrogens is 2. The molecule has 3 unspecified atom stereocenters. The van der Waals surface area contributed by atoms with Crippen LogP contribution in [-0.4, -0.2) is 34.0 Å². The Morgan fingerprint density at radius 1 is 1.25 bits per heavy atom. The molecule has 2 heterocycles. The fraction of sp³-hybridized carbons (Fsp3) is 0.562. The van der Waals surface area contributed by atoms with Crippen molar-refractivity contribution in [2.75, 3.05) is 13.1 Å². The highest BCUT2D eigenvalue weighted by Crippen LogP contribution is 2.35. The number of fused-ring (bicyclic) bond motifs is 2. The number of hydrogen-bond acceptors (Lipinski definition) is 3. The standard InChI is InChI=1S/C16H22N4/c17-13-5-3-4-11-8-20(9-12(11)13)10-16-18-14-6-1-2-7-15(14)19-16/h1-2,6-7,11-13H,3-5,8-10,17H2,(H,18,19). The van der Waals surface area contributed by atoms with Crippen LogP contribution in [-0.2, 0) is 6.54 Å². The Bertz CT molecular complexity index is 572. The van der Waals surface area contributed by atoms with Crippen LogP contribution >= 0.6 is 0 Å². The Morgan fingerprint density at radius 3 is 3.00 bits per heavy atom. The van der Waals surface area contributed by atoms with E-state index in [1.165, 1.54) is 25.8 Å². The van der Waals surface area contributed by atoms with E-state index in [4.69, 9.17) is 5.73 Å². The summed E-state index contributed by atoms with van der Waals surface area (Å²) in [6, 6.07) is 8.65. The van der Waals surface area contributed by atoms with Crippen LogP contribution in [0.15, 0.2) is 24.3 Å². The molecule has 106 valence electrons. The van der Waals surface area contributed by atoms with E-state index >= 15 is 0 Å². The summed E-state index contributed by atoms with van der Waals surface area (Å²) >= 11 is 0. The number of rotatable bonds is 2. The molecule has 1 saturated heterocycles. The lowest BCUT2D eigenvalue weighted by Crippen LogP contribution is -2.38. The zero-order valence-electron chi connectivity index (χ0n) is 11.8. The molecule has 1 aromatic heterocycles. The summed E-state index contributed by atoms with van der Waals surface area (Å²) in [5, 5.41) is 0. The molecule has 3 N–H and O–H groups in total. The highest BCUT2D eigenvalue weighted by atomic mass is 15.2. The molecule has 20 heavy (non-hydrogen) atoms. The van der Waals surface area contributed by atoms with Gasteiger partial charge in [0.25, 0.3) is 0 Å². The summed E-state index contributed by atoms with van der Waals surface area (Å²) in [7, 11) is 0. The lowest BCUT2D eigenvalue weighted by Gasteiger charge is -2.29. The minimum atomic E-state index is 0.412. The molecule has 1 saturated carbocycles. The number of para-hydroxylation sites is 2. The first-order valence-corrected chi connectivity index (χ1v) is 7.71. The number of imidazole rings is 1. The van der Waals surface area contributed by atoms with E-state index in [-0.39, 0.29) is 0 Å². The molecule has 3 atom stereocenters. The van der Waals surface area contributed by atoms with Gasteiger partial charge in [-0.15, -0.1) is 0 Å². The van der Waals surface area contributed by atoms with Gasteiger partial charge in [0.1, 0.15) is 5.82 Å². The molecule has 1 aromatic carbocycles. The van der Waals surface area contributed by atoms with Gasteiger partial charge in [-0.1, -0.05) is 18.6 Å². The van der Waals surface area contributed by atoms with Gasteiger partial charge in [-0.05, 0) is 36.8 Å².